The van der Waals surface area contributed by atoms with E-state index in [1.807, 2.05) is 42.5 Å². The lowest BCUT2D eigenvalue weighted by atomic mass is 9.72. The van der Waals surface area contributed by atoms with E-state index in [1.165, 1.54) is 7.11 Å². The van der Waals surface area contributed by atoms with Crippen LogP contribution >= 0.6 is 0 Å². The van der Waals surface area contributed by atoms with E-state index in [2.05, 4.69) is 0 Å². The highest BCUT2D eigenvalue weighted by atomic mass is 16.5. The SMILES string of the molecule is COC(=O)C1(c2ccccc2)CCN(C(=O)c2ccc(N3CCCCC3=O)cc2)CC1. The van der Waals surface area contributed by atoms with E-state index in [0.717, 1.165) is 30.6 Å². The van der Waals surface area contributed by atoms with E-state index >= 15 is 0 Å². The van der Waals surface area contributed by atoms with Crippen molar-refractivity contribution in [2.24, 2.45) is 0 Å². The van der Waals surface area contributed by atoms with Crippen LogP contribution in [0.5, 0.6) is 0 Å². The topological polar surface area (TPSA) is 66.9 Å². The molecule has 2 saturated heterocycles. The van der Waals surface area contributed by atoms with Gasteiger partial charge in [-0.2, -0.15) is 0 Å². The number of esters is 1. The molecule has 0 N–H and O–H groups in total. The Morgan fingerprint density at radius 2 is 1.58 bits per heavy atom. The lowest BCUT2D eigenvalue weighted by Crippen LogP contribution is -2.49. The molecule has 0 unspecified atom stereocenters. The number of likely N-dealkylation sites (tertiary alicyclic amines) is 1. The summed E-state index contributed by atoms with van der Waals surface area (Å²) in [5.74, 6) is -0.161. The molecule has 0 aromatic heterocycles. The summed E-state index contributed by atoms with van der Waals surface area (Å²) in [6, 6.07) is 17.0. The van der Waals surface area contributed by atoms with E-state index in [1.54, 1.807) is 21.9 Å². The number of nitrogens with zero attached hydrogens (tertiary/aromatic N) is 2. The molecule has 4 rings (SSSR count). The Bertz CT molecular complexity index is 947. The van der Waals surface area contributed by atoms with Crippen LogP contribution in [-0.2, 0) is 19.7 Å². The van der Waals surface area contributed by atoms with Gasteiger partial charge < -0.3 is 14.5 Å². The van der Waals surface area contributed by atoms with Gasteiger partial charge in [0.05, 0.1) is 12.5 Å². The van der Waals surface area contributed by atoms with Crippen LogP contribution in [0.25, 0.3) is 0 Å². The third kappa shape index (κ3) is 4.07. The molecule has 2 aliphatic heterocycles. The number of methoxy groups -OCH3 is 1. The molecule has 6 nitrogen and oxygen atoms in total. The summed E-state index contributed by atoms with van der Waals surface area (Å²) in [7, 11) is 1.42. The second kappa shape index (κ2) is 8.92. The summed E-state index contributed by atoms with van der Waals surface area (Å²) in [5, 5.41) is 0. The van der Waals surface area contributed by atoms with Gasteiger partial charge in [0.25, 0.3) is 5.91 Å². The van der Waals surface area contributed by atoms with Crippen molar-refractivity contribution >= 4 is 23.5 Å². The third-order valence-electron chi connectivity index (χ3n) is 6.56. The number of carbonyl (C=O) groups is 3. The number of hydrogen-bond donors (Lipinski definition) is 0. The molecule has 31 heavy (non-hydrogen) atoms. The lowest BCUT2D eigenvalue weighted by molar-refractivity contribution is -0.149. The van der Waals surface area contributed by atoms with E-state index in [9.17, 15) is 14.4 Å². The van der Waals surface area contributed by atoms with Gasteiger partial charge in [-0.25, -0.2) is 0 Å². The molecule has 0 bridgehead atoms. The summed E-state index contributed by atoms with van der Waals surface area (Å²) in [5.41, 5.74) is 1.65. The van der Waals surface area contributed by atoms with E-state index in [0.29, 0.717) is 37.9 Å². The molecule has 6 heteroatoms. The number of hydrogen-bond acceptors (Lipinski definition) is 4. The zero-order chi connectivity index (χ0) is 21.8. The molecule has 2 aliphatic rings. The second-order valence-electron chi connectivity index (χ2n) is 8.28. The van der Waals surface area contributed by atoms with Crippen molar-refractivity contribution in [1.82, 2.24) is 4.90 Å². The highest BCUT2D eigenvalue weighted by molar-refractivity contribution is 5.97. The molecule has 2 aromatic carbocycles. The molecule has 2 amide bonds. The van der Waals surface area contributed by atoms with Crippen LogP contribution in [0.4, 0.5) is 5.69 Å². The van der Waals surface area contributed by atoms with Crippen LogP contribution in [-0.4, -0.2) is 49.4 Å². The van der Waals surface area contributed by atoms with E-state index in [4.69, 9.17) is 4.74 Å². The summed E-state index contributed by atoms with van der Waals surface area (Å²) < 4.78 is 5.13. The fourth-order valence-corrected chi connectivity index (χ4v) is 4.70. The Morgan fingerprint density at radius 1 is 0.903 bits per heavy atom. The van der Waals surface area contributed by atoms with Crippen LogP contribution in [0.2, 0.25) is 0 Å². The zero-order valence-electron chi connectivity index (χ0n) is 17.9. The van der Waals surface area contributed by atoms with Gasteiger partial charge >= 0.3 is 5.97 Å². The third-order valence-corrected chi connectivity index (χ3v) is 6.56. The van der Waals surface area contributed by atoms with Crippen molar-refractivity contribution in [3.8, 4) is 0 Å². The van der Waals surface area contributed by atoms with Crippen LogP contribution in [0.15, 0.2) is 54.6 Å². The predicted octanol–water partition coefficient (Wildman–Crippen LogP) is 3.55. The molecule has 0 atom stereocenters. The highest BCUT2D eigenvalue weighted by Crippen LogP contribution is 2.37. The normalized spacial score (nSPS) is 18.5. The summed E-state index contributed by atoms with van der Waals surface area (Å²) in [6.45, 7) is 1.69. The maximum atomic E-state index is 13.1. The standard InChI is InChI=1S/C25H28N2O4/c1-31-24(30)25(20-7-3-2-4-8-20)14-17-26(18-15-25)23(29)19-10-12-21(13-11-19)27-16-6-5-9-22(27)28/h2-4,7-8,10-13H,5-6,9,14-18H2,1H3. The minimum Gasteiger partial charge on any atom is -0.468 e. The number of amides is 2. The highest BCUT2D eigenvalue weighted by Gasteiger charge is 2.44. The molecule has 0 aliphatic carbocycles. The second-order valence-corrected chi connectivity index (χ2v) is 8.28. The van der Waals surface area contributed by atoms with Crippen LogP contribution < -0.4 is 4.90 Å². The minimum absolute atomic E-state index is 0.0527. The minimum atomic E-state index is -0.717. The molecule has 0 saturated carbocycles. The maximum absolute atomic E-state index is 13.1. The van der Waals surface area contributed by atoms with E-state index < -0.39 is 5.41 Å². The van der Waals surface area contributed by atoms with Gasteiger partial charge in [-0.1, -0.05) is 30.3 Å². The quantitative estimate of drug-likeness (QED) is 0.710. The number of rotatable bonds is 4. The Kier molecular flexibility index (Phi) is 6.07. The van der Waals surface area contributed by atoms with Gasteiger partial charge in [-0.15, -0.1) is 0 Å². The Hall–Kier alpha value is -3.15. The van der Waals surface area contributed by atoms with Gasteiger partial charge in [0.1, 0.15) is 0 Å². The van der Waals surface area contributed by atoms with Crippen LogP contribution in [0.1, 0.15) is 48.0 Å². The number of ether oxygens (including phenoxy) is 1. The van der Waals surface area contributed by atoms with Crippen molar-refractivity contribution in [2.75, 3.05) is 31.6 Å². The molecule has 0 radical (unpaired) electrons. The average molecular weight is 421 g/mol. The van der Waals surface area contributed by atoms with Gasteiger partial charge in [0.15, 0.2) is 0 Å². The first-order valence-corrected chi connectivity index (χ1v) is 10.9. The van der Waals surface area contributed by atoms with Gasteiger partial charge in [0, 0.05) is 37.3 Å². The smallest absolute Gasteiger partial charge is 0.316 e. The molecule has 0 spiro atoms. The Morgan fingerprint density at radius 3 is 2.19 bits per heavy atom. The summed E-state index contributed by atoms with van der Waals surface area (Å²) >= 11 is 0. The molecule has 162 valence electrons. The Labute approximate surface area is 182 Å². The first-order valence-electron chi connectivity index (χ1n) is 10.9. The van der Waals surface area contributed by atoms with Crippen LogP contribution in [0, 0.1) is 0 Å². The summed E-state index contributed by atoms with van der Waals surface area (Å²) in [4.78, 5) is 41.5. The van der Waals surface area contributed by atoms with Crippen molar-refractivity contribution in [2.45, 2.75) is 37.5 Å². The van der Waals surface area contributed by atoms with E-state index in [-0.39, 0.29) is 17.8 Å². The first-order chi connectivity index (χ1) is 15.0. The summed E-state index contributed by atoms with van der Waals surface area (Å²) in [6.07, 6.45) is 3.57. The Balaban J connectivity index is 1.46. The monoisotopic (exact) mass is 420 g/mol. The number of carbonyl (C=O) groups excluding carboxylic acids is 3. The zero-order valence-corrected chi connectivity index (χ0v) is 17.9. The van der Waals surface area contributed by atoms with Gasteiger partial charge in [-0.05, 0) is 55.5 Å². The number of anilines is 1. The van der Waals surface area contributed by atoms with Crippen LogP contribution in [0.3, 0.4) is 0 Å². The molecule has 2 fully saturated rings. The molecule has 2 heterocycles. The number of benzene rings is 2. The average Bonchev–Trinajstić information content (AvgIpc) is 2.84. The maximum Gasteiger partial charge on any atom is 0.316 e. The van der Waals surface area contributed by atoms with Crippen molar-refractivity contribution in [1.29, 1.82) is 0 Å². The fourth-order valence-electron chi connectivity index (χ4n) is 4.70. The number of piperidine rings is 2. The molecule has 2 aromatic rings. The van der Waals surface area contributed by atoms with Gasteiger partial charge in [-0.3, -0.25) is 14.4 Å². The lowest BCUT2D eigenvalue weighted by Gasteiger charge is -2.40. The van der Waals surface area contributed by atoms with Crippen molar-refractivity contribution in [3.63, 3.8) is 0 Å². The van der Waals surface area contributed by atoms with Crippen molar-refractivity contribution < 1.29 is 19.1 Å². The van der Waals surface area contributed by atoms with Crippen molar-refractivity contribution in [3.05, 3.63) is 65.7 Å². The largest absolute Gasteiger partial charge is 0.468 e. The van der Waals surface area contributed by atoms with Gasteiger partial charge in [0.2, 0.25) is 5.91 Å². The first kappa shape index (κ1) is 21.1. The molecular formula is C25H28N2O4. The molecular weight excluding hydrogens is 392 g/mol. The predicted molar refractivity (Wildman–Crippen MR) is 118 cm³/mol. The fraction of sp³-hybridized carbons (Fsp3) is 0.400.